The van der Waals surface area contributed by atoms with Crippen molar-refractivity contribution in [1.29, 1.82) is 0 Å². The van der Waals surface area contributed by atoms with Gasteiger partial charge in [-0.25, -0.2) is 0 Å². The summed E-state index contributed by atoms with van der Waals surface area (Å²) in [5, 5.41) is 0. The number of ether oxygens (including phenoxy) is 1. The number of nitrogens with two attached hydrogens (primary N) is 1. The number of carbonyl (C=O) groups is 1. The highest BCUT2D eigenvalue weighted by Crippen LogP contribution is 2.39. The molecule has 2 fully saturated rings. The fourth-order valence-electron chi connectivity index (χ4n) is 2.51. The Morgan fingerprint density at radius 3 is 2.69 bits per heavy atom. The normalized spacial score (nSPS) is 29.9. The first-order valence-corrected chi connectivity index (χ1v) is 6.16. The Labute approximate surface area is 97.1 Å². The highest BCUT2D eigenvalue weighted by atomic mass is 16.5. The van der Waals surface area contributed by atoms with Crippen LogP contribution < -0.4 is 5.73 Å². The molecule has 1 saturated carbocycles. The van der Waals surface area contributed by atoms with Gasteiger partial charge in [-0.1, -0.05) is 0 Å². The van der Waals surface area contributed by atoms with E-state index in [2.05, 4.69) is 0 Å². The van der Waals surface area contributed by atoms with Gasteiger partial charge in [-0.05, 0) is 38.5 Å². The largest absolute Gasteiger partial charge is 0.380 e. The van der Waals surface area contributed by atoms with Gasteiger partial charge in [0.05, 0.1) is 11.6 Å². The molecular formula is C12H22N2O2. The van der Waals surface area contributed by atoms with Gasteiger partial charge in [-0.3, -0.25) is 4.79 Å². The standard InChI is InChI=1S/C12H22N2O2/c1-12(13,9-5-6-9)11(15)14-7-3-4-10(8-14)16-2/h9-10H,3-8,13H2,1-2H3. The van der Waals surface area contributed by atoms with E-state index in [1.807, 2.05) is 11.8 Å². The van der Waals surface area contributed by atoms with Crippen LogP contribution >= 0.6 is 0 Å². The molecule has 1 aliphatic heterocycles. The van der Waals surface area contributed by atoms with Crippen LogP contribution in [0.4, 0.5) is 0 Å². The lowest BCUT2D eigenvalue weighted by Crippen LogP contribution is -2.57. The average Bonchev–Trinajstić information content (AvgIpc) is 3.12. The van der Waals surface area contributed by atoms with E-state index in [1.165, 1.54) is 0 Å². The second-order valence-corrected chi connectivity index (χ2v) is 5.31. The van der Waals surface area contributed by atoms with Crippen molar-refractivity contribution in [3.8, 4) is 0 Å². The summed E-state index contributed by atoms with van der Waals surface area (Å²) in [7, 11) is 1.71. The maximum Gasteiger partial charge on any atom is 0.242 e. The molecule has 92 valence electrons. The minimum atomic E-state index is -0.657. The topological polar surface area (TPSA) is 55.6 Å². The molecule has 16 heavy (non-hydrogen) atoms. The highest BCUT2D eigenvalue weighted by Gasteiger charge is 2.46. The minimum absolute atomic E-state index is 0.108. The van der Waals surface area contributed by atoms with Crippen molar-refractivity contribution in [3.05, 3.63) is 0 Å². The van der Waals surface area contributed by atoms with Gasteiger partial charge in [0.2, 0.25) is 5.91 Å². The monoisotopic (exact) mass is 226 g/mol. The number of rotatable bonds is 3. The molecule has 0 aromatic rings. The van der Waals surface area contributed by atoms with E-state index in [4.69, 9.17) is 10.5 Å². The average molecular weight is 226 g/mol. The number of piperidine rings is 1. The van der Waals surface area contributed by atoms with Crippen LogP contribution in [0.15, 0.2) is 0 Å². The molecule has 2 rings (SSSR count). The molecule has 0 aromatic heterocycles. The smallest absolute Gasteiger partial charge is 0.242 e. The van der Waals surface area contributed by atoms with E-state index in [0.29, 0.717) is 12.5 Å². The lowest BCUT2D eigenvalue weighted by atomic mass is 9.94. The Bertz CT molecular complexity index is 274. The van der Waals surface area contributed by atoms with Crippen molar-refractivity contribution >= 4 is 5.91 Å². The third-order valence-corrected chi connectivity index (χ3v) is 3.88. The van der Waals surface area contributed by atoms with Crippen LogP contribution in [0, 0.1) is 5.92 Å². The van der Waals surface area contributed by atoms with Crippen molar-refractivity contribution in [1.82, 2.24) is 4.90 Å². The third-order valence-electron chi connectivity index (χ3n) is 3.88. The molecule has 1 heterocycles. The number of amides is 1. The molecule has 0 aromatic carbocycles. The lowest BCUT2D eigenvalue weighted by Gasteiger charge is -2.37. The number of nitrogens with zero attached hydrogens (tertiary/aromatic N) is 1. The summed E-state index contributed by atoms with van der Waals surface area (Å²) in [6, 6.07) is 0. The quantitative estimate of drug-likeness (QED) is 0.772. The van der Waals surface area contributed by atoms with Gasteiger partial charge in [-0.2, -0.15) is 0 Å². The van der Waals surface area contributed by atoms with Crippen molar-refractivity contribution in [2.45, 2.75) is 44.2 Å². The van der Waals surface area contributed by atoms with E-state index >= 15 is 0 Å². The molecule has 0 bridgehead atoms. The van der Waals surface area contributed by atoms with Gasteiger partial charge in [0, 0.05) is 20.2 Å². The Morgan fingerprint density at radius 2 is 2.12 bits per heavy atom. The van der Waals surface area contributed by atoms with Gasteiger partial charge < -0.3 is 15.4 Å². The predicted octanol–water partition coefficient (Wildman–Crippen LogP) is 0.751. The molecule has 1 amide bonds. The number of carbonyl (C=O) groups excluding carboxylic acids is 1. The van der Waals surface area contributed by atoms with Crippen LogP contribution in [0.3, 0.4) is 0 Å². The van der Waals surface area contributed by atoms with Gasteiger partial charge in [0.1, 0.15) is 0 Å². The molecule has 2 N–H and O–H groups in total. The Morgan fingerprint density at radius 1 is 1.44 bits per heavy atom. The number of methoxy groups -OCH3 is 1. The molecule has 0 spiro atoms. The zero-order valence-electron chi connectivity index (χ0n) is 10.2. The summed E-state index contributed by atoms with van der Waals surface area (Å²) in [4.78, 5) is 14.2. The van der Waals surface area contributed by atoms with Crippen molar-refractivity contribution < 1.29 is 9.53 Å². The molecule has 2 atom stereocenters. The van der Waals surface area contributed by atoms with Crippen LogP contribution in [0.2, 0.25) is 0 Å². The Balaban J connectivity index is 1.98. The molecule has 4 heteroatoms. The second-order valence-electron chi connectivity index (χ2n) is 5.31. The Hall–Kier alpha value is -0.610. The summed E-state index contributed by atoms with van der Waals surface area (Å²) >= 11 is 0. The van der Waals surface area contributed by atoms with Gasteiger partial charge in [-0.15, -0.1) is 0 Å². The van der Waals surface area contributed by atoms with Crippen LogP contribution in [0.5, 0.6) is 0 Å². The SMILES string of the molecule is COC1CCCN(C(=O)C(C)(N)C2CC2)C1. The van der Waals surface area contributed by atoms with Gasteiger partial charge >= 0.3 is 0 Å². The van der Waals surface area contributed by atoms with Crippen molar-refractivity contribution in [2.24, 2.45) is 11.7 Å². The molecule has 2 unspecified atom stereocenters. The van der Waals surface area contributed by atoms with Crippen molar-refractivity contribution in [2.75, 3.05) is 20.2 Å². The number of hydrogen-bond acceptors (Lipinski definition) is 3. The second kappa shape index (κ2) is 4.34. The fourth-order valence-corrected chi connectivity index (χ4v) is 2.51. The summed E-state index contributed by atoms with van der Waals surface area (Å²) < 4.78 is 5.33. The molecule has 1 aliphatic carbocycles. The van der Waals surface area contributed by atoms with Crippen LogP contribution in [-0.2, 0) is 9.53 Å². The predicted molar refractivity (Wildman–Crippen MR) is 61.9 cm³/mol. The summed E-state index contributed by atoms with van der Waals surface area (Å²) in [6.45, 7) is 3.41. The summed E-state index contributed by atoms with van der Waals surface area (Å²) in [6.07, 6.45) is 4.45. The number of hydrogen-bond donors (Lipinski definition) is 1. The van der Waals surface area contributed by atoms with Gasteiger partial charge in [0.15, 0.2) is 0 Å². The van der Waals surface area contributed by atoms with Gasteiger partial charge in [0.25, 0.3) is 0 Å². The molecule has 0 radical (unpaired) electrons. The zero-order valence-corrected chi connectivity index (χ0v) is 10.2. The molecule has 1 saturated heterocycles. The van der Waals surface area contributed by atoms with Crippen molar-refractivity contribution in [3.63, 3.8) is 0 Å². The van der Waals surface area contributed by atoms with Crippen LogP contribution in [0.25, 0.3) is 0 Å². The summed E-state index contributed by atoms with van der Waals surface area (Å²) in [5.41, 5.74) is 5.49. The van der Waals surface area contributed by atoms with Crippen LogP contribution in [-0.4, -0.2) is 42.6 Å². The highest BCUT2D eigenvalue weighted by molar-refractivity contribution is 5.86. The van der Waals surface area contributed by atoms with Crippen LogP contribution in [0.1, 0.15) is 32.6 Å². The third kappa shape index (κ3) is 2.23. The van der Waals surface area contributed by atoms with E-state index < -0.39 is 5.54 Å². The molecule has 2 aliphatic rings. The fraction of sp³-hybridized carbons (Fsp3) is 0.917. The van der Waals surface area contributed by atoms with E-state index in [9.17, 15) is 4.79 Å². The minimum Gasteiger partial charge on any atom is -0.380 e. The first-order chi connectivity index (χ1) is 7.55. The zero-order chi connectivity index (χ0) is 11.8. The maximum atomic E-state index is 12.3. The van der Waals surface area contributed by atoms with E-state index in [0.717, 1.165) is 32.2 Å². The summed E-state index contributed by atoms with van der Waals surface area (Å²) in [5.74, 6) is 0.500. The maximum absolute atomic E-state index is 12.3. The first-order valence-electron chi connectivity index (χ1n) is 6.16. The first kappa shape index (κ1) is 11.9. The lowest BCUT2D eigenvalue weighted by molar-refractivity contribution is -0.140. The number of likely N-dealkylation sites (tertiary alicyclic amines) is 1. The Kier molecular flexibility index (Phi) is 3.22. The molecule has 4 nitrogen and oxygen atoms in total. The van der Waals surface area contributed by atoms with E-state index in [-0.39, 0.29) is 12.0 Å². The van der Waals surface area contributed by atoms with E-state index in [1.54, 1.807) is 7.11 Å². The molecular weight excluding hydrogens is 204 g/mol.